The van der Waals surface area contributed by atoms with Gasteiger partial charge >= 0.3 is 0 Å². The lowest BCUT2D eigenvalue weighted by Gasteiger charge is -2.19. The average molecular weight is 378 g/mol. The topological polar surface area (TPSA) is 119 Å². The Hall–Kier alpha value is -2.40. The Morgan fingerprint density at radius 3 is 2.19 bits per heavy atom. The maximum Gasteiger partial charge on any atom is 0.268 e. The van der Waals surface area contributed by atoms with Crippen LogP contribution in [0.1, 0.15) is 57.5 Å². The van der Waals surface area contributed by atoms with E-state index in [2.05, 4.69) is 17.2 Å². The molecule has 0 aromatic heterocycles. The van der Waals surface area contributed by atoms with Gasteiger partial charge in [-0.1, -0.05) is 33.1 Å². The van der Waals surface area contributed by atoms with Gasteiger partial charge in [0.25, 0.3) is 11.8 Å². The Kier molecular flexibility index (Phi) is 9.73. The number of hydrogen-bond donors (Lipinski definition) is 5. The van der Waals surface area contributed by atoms with Gasteiger partial charge in [-0.05, 0) is 50.5 Å². The van der Waals surface area contributed by atoms with E-state index >= 15 is 0 Å². The number of carbonyl (C=O) groups excluding carboxylic acids is 2. The molecule has 1 rings (SSSR count). The van der Waals surface area contributed by atoms with Gasteiger partial charge in [-0.25, -0.2) is 5.48 Å². The van der Waals surface area contributed by atoms with Crippen molar-refractivity contribution in [2.75, 3.05) is 0 Å². The second-order valence-electron chi connectivity index (χ2n) is 6.87. The molecule has 7 heteroatoms. The predicted molar refractivity (Wildman–Crippen MR) is 103 cm³/mol. The van der Waals surface area contributed by atoms with Crippen molar-refractivity contribution in [3.63, 3.8) is 0 Å². The maximum atomic E-state index is 12.2. The lowest BCUT2D eigenvalue weighted by molar-refractivity contribution is -0.133. The maximum absolute atomic E-state index is 12.2. The monoisotopic (exact) mass is 378 g/mol. The van der Waals surface area contributed by atoms with Crippen LogP contribution in [0.15, 0.2) is 24.3 Å². The zero-order chi connectivity index (χ0) is 19.9. The van der Waals surface area contributed by atoms with Crippen LogP contribution in [0, 0.1) is 17.8 Å². The molecular formula is C20H30N2O5. The number of hydrogen-bond acceptors (Lipinski definition) is 5. The molecule has 0 fully saturated rings. The molecule has 0 spiro atoms. The van der Waals surface area contributed by atoms with E-state index in [-0.39, 0.29) is 13.0 Å². The number of rotatable bonds is 6. The summed E-state index contributed by atoms with van der Waals surface area (Å²) in [5, 5.41) is 30.7. The van der Waals surface area contributed by atoms with Crippen LogP contribution < -0.4 is 10.8 Å². The minimum atomic E-state index is -1.28. The number of amides is 2. The second kappa shape index (κ2) is 10.7. The lowest BCUT2D eigenvalue weighted by atomic mass is 9.94. The Bertz CT molecular complexity index is 685. The summed E-state index contributed by atoms with van der Waals surface area (Å²) in [4.78, 5) is 23.6. The van der Waals surface area contributed by atoms with Gasteiger partial charge in [0.05, 0.1) is 6.10 Å². The first kappa shape index (κ1) is 24.6. The van der Waals surface area contributed by atoms with Crippen LogP contribution in [0.2, 0.25) is 0 Å². The highest BCUT2D eigenvalue weighted by molar-refractivity contribution is 5.97. The van der Waals surface area contributed by atoms with Gasteiger partial charge in [0, 0.05) is 11.1 Å². The highest BCUT2D eigenvalue weighted by Gasteiger charge is 2.25. The SMILES string of the molecule is C.CC(C)CC(C)(O)C#Cc1ccc(C(=O)N[C@H](C(=O)NO)[C@@H](C)O)cc1. The molecule has 5 N–H and O–H groups in total. The second-order valence-corrected chi connectivity index (χ2v) is 6.87. The van der Waals surface area contributed by atoms with E-state index in [1.54, 1.807) is 19.1 Å². The number of aliphatic hydroxyl groups excluding tert-OH is 1. The fourth-order valence-electron chi connectivity index (χ4n) is 2.46. The molecule has 1 unspecified atom stereocenters. The minimum absolute atomic E-state index is 0. The molecule has 0 aliphatic rings. The number of aliphatic hydroxyl groups is 2. The zero-order valence-electron chi connectivity index (χ0n) is 15.4. The summed E-state index contributed by atoms with van der Waals surface area (Å²) in [6.07, 6.45) is -0.631. The Morgan fingerprint density at radius 2 is 1.74 bits per heavy atom. The van der Waals surface area contributed by atoms with Crippen LogP contribution >= 0.6 is 0 Å². The summed E-state index contributed by atoms with van der Waals surface area (Å²) in [6.45, 7) is 6.98. The molecule has 1 aromatic carbocycles. The molecule has 1 aromatic rings. The molecular weight excluding hydrogens is 348 g/mol. The van der Waals surface area contributed by atoms with Crippen molar-refractivity contribution in [3.8, 4) is 11.8 Å². The summed E-state index contributed by atoms with van der Waals surface area (Å²) in [5.41, 5.74) is 1.21. The molecule has 0 heterocycles. The number of hydroxylamine groups is 1. The van der Waals surface area contributed by atoms with E-state index in [1.165, 1.54) is 24.5 Å². The van der Waals surface area contributed by atoms with E-state index in [1.807, 2.05) is 13.8 Å². The fourth-order valence-corrected chi connectivity index (χ4v) is 2.46. The van der Waals surface area contributed by atoms with Crippen LogP contribution in [0.5, 0.6) is 0 Å². The first-order chi connectivity index (χ1) is 12.1. The molecule has 3 atom stereocenters. The summed E-state index contributed by atoms with van der Waals surface area (Å²) in [6, 6.07) is 5.00. The summed E-state index contributed by atoms with van der Waals surface area (Å²) in [7, 11) is 0. The Labute approximate surface area is 160 Å². The Balaban J connectivity index is 0.00000676. The van der Waals surface area contributed by atoms with Crippen LogP contribution in [0.25, 0.3) is 0 Å². The smallest absolute Gasteiger partial charge is 0.268 e. The van der Waals surface area contributed by atoms with Crippen molar-refractivity contribution < 1.29 is 25.0 Å². The fraction of sp³-hybridized carbons (Fsp3) is 0.500. The van der Waals surface area contributed by atoms with Gasteiger partial charge in [0.2, 0.25) is 0 Å². The summed E-state index contributed by atoms with van der Waals surface area (Å²) in [5.74, 6) is 4.51. The molecule has 0 saturated carbocycles. The quantitative estimate of drug-likeness (QED) is 0.292. The number of benzene rings is 1. The van der Waals surface area contributed by atoms with Gasteiger partial charge < -0.3 is 15.5 Å². The number of nitrogens with one attached hydrogen (secondary N) is 2. The van der Waals surface area contributed by atoms with Gasteiger partial charge in [0.1, 0.15) is 11.6 Å². The molecule has 27 heavy (non-hydrogen) atoms. The highest BCUT2D eigenvalue weighted by atomic mass is 16.5. The third kappa shape index (κ3) is 8.22. The third-order valence-corrected chi connectivity index (χ3v) is 3.59. The highest BCUT2D eigenvalue weighted by Crippen LogP contribution is 2.15. The molecule has 0 saturated heterocycles. The lowest BCUT2D eigenvalue weighted by Crippen LogP contribution is -2.51. The minimum Gasteiger partial charge on any atom is -0.391 e. The van der Waals surface area contributed by atoms with Crippen LogP contribution in [-0.2, 0) is 4.79 Å². The van der Waals surface area contributed by atoms with Gasteiger partial charge in [-0.2, -0.15) is 0 Å². The standard InChI is InChI=1S/C19H26N2O5.CH4/c1-12(2)11-19(4,25)10-9-14-5-7-15(8-6-14)17(23)20-16(13(3)22)18(24)21-26;/h5-8,12-13,16,22,25-26H,11H2,1-4H3,(H,20,23)(H,21,24);1H4/t13-,16+,19?;/m1./s1. The van der Waals surface area contributed by atoms with Gasteiger partial charge in [-0.15, -0.1) is 0 Å². The molecule has 0 aliphatic carbocycles. The van der Waals surface area contributed by atoms with Crippen LogP contribution in [-0.4, -0.2) is 45.0 Å². The van der Waals surface area contributed by atoms with Crippen molar-refractivity contribution in [3.05, 3.63) is 35.4 Å². The average Bonchev–Trinajstić information content (AvgIpc) is 2.56. The molecule has 150 valence electrons. The zero-order valence-corrected chi connectivity index (χ0v) is 15.4. The molecule has 7 nitrogen and oxygen atoms in total. The van der Waals surface area contributed by atoms with Crippen molar-refractivity contribution >= 4 is 11.8 Å². The number of carbonyl (C=O) groups is 2. The van der Waals surface area contributed by atoms with E-state index in [0.717, 1.165) is 0 Å². The first-order valence-electron chi connectivity index (χ1n) is 8.34. The van der Waals surface area contributed by atoms with Crippen molar-refractivity contribution in [1.82, 2.24) is 10.8 Å². The van der Waals surface area contributed by atoms with Crippen molar-refractivity contribution in [2.24, 2.45) is 5.92 Å². The van der Waals surface area contributed by atoms with E-state index in [4.69, 9.17) is 5.21 Å². The van der Waals surface area contributed by atoms with Crippen LogP contribution in [0.3, 0.4) is 0 Å². The van der Waals surface area contributed by atoms with Crippen molar-refractivity contribution in [2.45, 2.75) is 59.3 Å². The van der Waals surface area contributed by atoms with Gasteiger partial charge in [0.15, 0.2) is 0 Å². The molecule has 0 bridgehead atoms. The van der Waals surface area contributed by atoms with Gasteiger partial charge in [-0.3, -0.25) is 14.8 Å². The van der Waals surface area contributed by atoms with Crippen LogP contribution in [0.4, 0.5) is 0 Å². The summed E-state index contributed by atoms with van der Waals surface area (Å²) >= 11 is 0. The molecule has 0 radical (unpaired) electrons. The molecule has 0 aliphatic heterocycles. The first-order valence-corrected chi connectivity index (χ1v) is 8.34. The van der Waals surface area contributed by atoms with E-state index in [0.29, 0.717) is 17.9 Å². The summed E-state index contributed by atoms with van der Waals surface area (Å²) < 4.78 is 0. The van der Waals surface area contributed by atoms with Crippen molar-refractivity contribution in [1.29, 1.82) is 0 Å². The predicted octanol–water partition coefficient (Wildman–Crippen LogP) is 1.46. The van der Waals surface area contributed by atoms with E-state index in [9.17, 15) is 19.8 Å². The Morgan fingerprint density at radius 1 is 1.19 bits per heavy atom. The normalized spacial score (nSPS) is 14.7. The largest absolute Gasteiger partial charge is 0.391 e. The van der Waals surface area contributed by atoms with E-state index < -0.39 is 29.6 Å². The third-order valence-electron chi connectivity index (χ3n) is 3.59. The molecule has 2 amide bonds.